The fourth-order valence-corrected chi connectivity index (χ4v) is 1.96. The Morgan fingerprint density at radius 1 is 1.58 bits per heavy atom. The van der Waals surface area contributed by atoms with Crippen molar-refractivity contribution >= 4 is 21.6 Å². The van der Waals surface area contributed by atoms with E-state index in [4.69, 9.17) is 0 Å². The molecular formula is C8H8N2OS. The van der Waals surface area contributed by atoms with Gasteiger partial charge in [0, 0.05) is 18.9 Å². The number of thiazole rings is 1. The van der Waals surface area contributed by atoms with Gasteiger partial charge in [0.2, 0.25) is 0 Å². The molecule has 0 aromatic carbocycles. The van der Waals surface area contributed by atoms with Gasteiger partial charge in [-0.2, -0.15) is 0 Å². The van der Waals surface area contributed by atoms with Gasteiger partial charge in [0.05, 0.1) is 10.2 Å². The molecule has 0 aliphatic rings. The predicted molar refractivity (Wildman–Crippen MR) is 49.6 cm³/mol. The maximum Gasteiger partial charge on any atom is 0.307 e. The summed E-state index contributed by atoms with van der Waals surface area (Å²) in [5, 5.41) is 0. The molecule has 0 saturated heterocycles. The molecule has 2 rings (SSSR count). The zero-order valence-electron chi connectivity index (χ0n) is 6.87. The molecule has 0 unspecified atom stereocenters. The number of hydrogen-bond donors (Lipinski definition) is 0. The highest BCUT2D eigenvalue weighted by atomic mass is 32.1. The minimum Gasteiger partial charge on any atom is -0.302 e. The van der Waals surface area contributed by atoms with Crippen molar-refractivity contribution < 1.29 is 0 Å². The van der Waals surface area contributed by atoms with Crippen molar-refractivity contribution in [1.29, 1.82) is 0 Å². The van der Waals surface area contributed by atoms with E-state index < -0.39 is 0 Å². The first-order chi connectivity index (χ1) is 5.68. The van der Waals surface area contributed by atoms with E-state index >= 15 is 0 Å². The van der Waals surface area contributed by atoms with Crippen LogP contribution in [0.2, 0.25) is 0 Å². The Morgan fingerprint density at radius 3 is 3.08 bits per heavy atom. The van der Waals surface area contributed by atoms with Gasteiger partial charge in [0.25, 0.3) is 0 Å². The fourth-order valence-electron chi connectivity index (χ4n) is 1.13. The largest absolute Gasteiger partial charge is 0.307 e. The Kier molecular flexibility index (Phi) is 1.51. The summed E-state index contributed by atoms with van der Waals surface area (Å²) in [4.78, 5) is 15.4. The molecule has 62 valence electrons. The van der Waals surface area contributed by atoms with Gasteiger partial charge in [0.1, 0.15) is 0 Å². The minimum atomic E-state index is 0.0670. The first kappa shape index (κ1) is 7.49. The second kappa shape index (κ2) is 2.42. The molecule has 0 amide bonds. The first-order valence-electron chi connectivity index (χ1n) is 3.60. The van der Waals surface area contributed by atoms with E-state index in [9.17, 15) is 4.79 Å². The number of rotatable bonds is 0. The van der Waals surface area contributed by atoms with Crippen LogP contribution < -0.4 is 4.87 Å². The SMILES string of the molecule is Cc1cc2c(cn1)sc(=O)n2C. The lowest BCUT2D eigenvalue weighted by atomic mass is 10.3. The van der Waals surface area contributed by atoms with Gasteiger partial charge in [-0.25, -0.2) is 0 Å². The van der Waals surface area contributed by atoms with Crippen LogP contribution in [0, 0.1) is 6.92 Å². The average Bonchev–Trinajstić information content (AvgIpc) is 2.31. The van der Waals surface area contributed by atoms with E-state index in [2.05, 4.69) is 4.98 Å². The lowest BCUT2D eigenvalue weighted by Crippen LogP contribution is -2.06. The van der Waals surface area contributed by atoms with Gasteiger partial charge in [-0.15, -0.1) is 0 Å². The third-order valence-electron chi connectivity index (χ3n) is 1.82. The van der Waals surface area contributed by atoms with Crippen molar-refractivity contribution in [3.05, 3.63) is 27.6 Å². The first-order valence-corrected chi connectivity index (χ1v) is 4.42. The van der Waals surface area contributed by atoms with Crippen molar-refractivity contribution in [2.45, 2.75) is 6.92 Å². The maximum atomic E-state index is 11.2. The molecule has 0 atom stereocenters. The number of aryl methyl sites for hydroxylation is 2. The van der Waals surface area contributed by atoms with Crippen LogP contribution in [0.1, 0.15) is 5.69 Å². The molecular weight excluding hydrogens is 172 g/mol. The zero-order chi connectivity index (χ0) is 8.72. The molecule has 3 nitrogen and oxygen atoms in total. The van der Waals surface area contributed by atoms with Crippen LogP contribution in [-0.4, -0.2) is 9.55 Å². The summed E-state index contributed by atoms with van der Waals surface area (Å²) >= 11 is 1.23. The third-order valence-corrected chi connectivity index (χ3v) is 2.80. The Labute approximate surface area is 73.3 Å². The van der Waals surface area contributed by atoms with Gasteiger partial charge in [-0.3, -0.25) is 9.78 Å². The lowest BCUT2D eigenvalue weighted by molar-refractivity contribution is 0.936. The van der Waals surface area contributed by atoms with Crippen molar-refractivity contribution in [2.24, 2.45) is 7.05 Å². The van der Waals surface area contributed by atoms with Crippen molar-refractivity contribution in [3.8, 4) is 0 Å². The molecule has 0 spiro atoms. The lowest BCUT2D eigenvalue weighted by Gasteiger charge is -1.93. The molecule has 0 fully saturated rings. The van der Waals surface area contributed by atoms with E-state index in [0.29, 0.717) is 0 Å². The molecule has 0 radical (unpaired) electrons. The molecule has 0 bridgehead atoms. The average molecular weight is 180 g/mol. The summed E-state index contributed by atoms with van der Waals surface area (Å²) < 4.78 is 2.60. The van der Waals surface area contributed by atoms with Crippen molar-refractivity contribution in [2.75, 3.05) is 0 Å². The molecule has 0 N–H and O–H groups in total. The summed E-state index contributed by atoms with van der Waals surface area (Å²) in [6.07, 6.45) is 1.75. The van der Waals surface area contributed by atoms with Gasteiger partial charge in [-0.05, 0) is 13.0 Å². The number of pyridine rings is 1. The highest BCUT2D eigenvalue weighted by molar-refractivity contribution is 7.16. The highest BCUT2D eigenvalue weighted by Crippen LogP contribution is 2.15. The number of aromatic nitrogens is 2. The summed E-state index contributed by atoms with van der Waals surface area (Å²) in [7, 11) is 1.78. The normalized spacial score (nSPS) is 10.8. The zero-order valence-corrected chi connectivity index (χ0v) is 7.68. The molecule has 4 heteroatoms. The van der Waals surface area contributed by atoms with E-state index in [-0.39, 0.29) is 4.87 Å². The van der Waals surface area contributed by atoms with Crippen LogP contribution >= 0.6 is 11.3 Å². The van der Waals surface area contributed by atoms with Gasteiger partial charge >= 0.3 is 4.87 Å². The maximum absolute atomic E-state index is 11.2. The van der Waals surface area contributed by atoms with E-state index in [1.807, 2.05) is 13.0 Å². The quantitative estimate of drug-likeness (QED) is 0.612. The van der Waals surface area contributed by atoms with Gasteiger partial charge < -0.3 is 4.57 Å². The molecule has 0 saturated carbocycles. The molecule has 0 aliphatic heterocycles. The van der Waals surface area contributed by atoms with Crippen LogP contribution in [0.25, 0.3) is 10.2 Å². The molecule has 2 aromatic rings. The van der Waals surface area contributed by atoms with Crippen LogP contribution in [0.15, 0.2) is 17.1 Å². The Hall–Kier alpha value is -1.16. The molecule has 0 aliphatic carbocycles. The second-order valence-corrected chi connectivity index (χ2v) is 3.71. The van der Waals surface area contributed by atoms with E-state index in [0.717, 1.165) is 15.9 Å². The summed E-state index contributed by atoms with van der Waals surface area (Å²) in [5.41, 5.74) is 1.91. The van der Waals surface area contributed by atoms with E-state index in [1.165, 1.54) is 11.3 Å². The number of hydrogen-bond acceptors (Lipinski definition) is 3. The van der Waals surface area contributed by atoms with Gasteiger partial charge in [-0.1, -0.05) is 11.3 Å². The monoisotopic (exact) mass is 180 g/mol. The highest BCUT2D eigenvalue weighted by Gasteiger charge is 2.03. The Balaban J connectivity index is 2.98. The fraction of sp³-hybridized carbons (Fsp3) is 0.250. The minimum absolute atomic E-state index is 0.0670. The Bertz CT molecular complexity index is 483. The molecule has 2 aromatic heterocycles. The number of nitrogens with zero attached hydrogens (tertiary/aromatic N) is 2. The van der Waals surface area contributed by atoms with Crippen LogP contribution in [-0.2, 0) is 7.05 Å². The number of fused-ring (bicyclic) bond motifs is 1. The third kappa shape index (κ3) is 0.956. The standard InChI is InChI=1S/C8H8N2OS/c1-5-3-6-7(4-9-5)12-8(11)10(6)2/h3-4H,1-2H3. The predicted octanol–water partition coefficient (Wildman–Crippen LogP) is 1.30. The molecule has 12 heavy (non-hydrogen) atoms. The van der Waals surface area contributed by atoms with Crippen molar-refractivity contribution in [3.63, 3.8) is 0 Å². The summed E-state index contributed by atoms with van der Waals surface area (Å²) in [6, 6.07) is 1.92. The van der Waals surface area contributed by atoms with Crippen LogP contribution in [0.4, 0.5) is 0 Å². The van der Waals surface area contributed by atoms with E-state index in [1.54, 1.807) is 17.8 Å². The van der Waals surface area contributed by atoms with Crippen LogP contribution in [0.5, 0.6) is 0 Å². The molecule has 2 heterocycles. The summed E-state index contributed by atoms with van der Waals surface area (Å²) in [5.74, 6) is 0. The topological polar surface area (TPSA) is 34.9 Å². The van der Waals surface area contributed by atoms with Crippen LogP contribution in [0.3, 0.4) is 0 Å². The Morgan fingerprint density at radius 2 is 2.33 bits per heavy atom. The summed E-state index contributed by atoms with van der Waals surface area (Å²) in [6.45, 7) is 1.92. The van der Waals surface area contributed by atoms with Gasteiger partial charge in [0.15, 0.2) is 0 Å². The second-order valence-electron chi connectivity index (χ2n) is 2.72. The smallest absolute Gasteiger partial charge is 0.302 e. The van der Waals surface area contributed by atoms with Crippen molar-refractivity contribution in [1.82, 2.24) is 9.55 Å².